The second-order valence-corrected chi connectivity index (χ2v) is 6.69. The van der Waals surface area contributed by atoms with Gasteiger partial charge < -0.3 is 20.7 Å². The molecule has 4 aromatic rings. The smallest absolute Gasteiger partial charge is 0.233 e. The summed E-state index contributed by atoms with van der Waals surface area (Å²) in [6, 6.07) is 29.4. The monoisotopic (exact) mass is 412 g/mol. The van der Waals surface area contributed by atoms with E-state index in [1.165, 1.54) is 13.8 Å². The summed E-state index contributed by atoms with van der Waals surface area (Å²) < 4.78 is 0. The van der Waals surface area contributed by atoms with Crippen molar-refractivity contribution in [3.05, 3.63) is 91.0 Å². The van der Waals surface area contributed by atoms with Crippen molar-refractivity contribution in [3.8, 4) is 0 Å². The van der Waals surface area contributed by atoms with Crippen LogP contribution in [0.15, 0.2) is 91.0 Å². The first kappa shape index (κ1) is 21.4. The van der Waals surface area contributed by atoms with Crippen molar-refractivity contribution in [2.24, 2.45) is 0 Å². The zero-order chi connectivity index (χ0) is 21.9. The van der Waals surface area contributed by atoms with Crippen LogP contribution >= 0.6 is 0 Å². The quantitative estimate of drug-likeness (QED) is 0.374. The van der Waals surface area contributed by atoms with Crippen molar-refractivity contribution < 1.29 is 4.79 Å². The molecule has 0 fully saturated rings. The Labute approximate surface area is 181 Å². The number of nitrogens with zero attached hydrogens (tertiary/aromatic N) is 3. The number of rotatable bonds is 6. The fourth-order valence-electron chi connectivity index (χ4n) is 2.50. The Hall–Kier alpha value is -4.26. The third kappa shape index (κ3) is 7.58. The van der Waals surface area contributed by atoms with Gasteiger partial charge in [-0.1, -0.05) is 54.6 Å². The topological polar surface area (TPSA) is 91.8 Å². The van der Waals surface area contributed by atoms with E-state index in [2.05, 4.69) is 30.9 Å². The molecule has 4 rings (SSSR count). The number of carbonyl (C=O) groups excluding carboxylic acids is 1. The van der Waals surface area contributed by atoms with Crippen LogP contribution in [0.3, 0.4) is 0 Å². The summed E-state index contributed by atoms with van der Waals surface area (Å²) in [5, 5.41) is 9.64. The lowest BCUT2D eigenvalue weighted by molar-refractivity contribution is -0.114. The SMILES string of the molecule is CC(C)=O.c1ccc(Nc2nc(Nc3ccccc3)nc(Nc3ccccc3)n2)cc1. The molecule has 3 aromatic carbocycles. The van der Waals surface area contributed by atoms with Gasteiger partial charge >= 0.3 is 0 Å². The average Bonchev–Trinajstić information content (AvgIpc) is 2.75. The maximum Gasteiger partial charge on any atom is 0.233 e. The molecule has 0 aliphatic rings. The maximum atomic E-state index is 9.44. The van der Waals surface area contributed by atoms with E-state index < -0.39 is 0 Å². The molecule has 7 heteroatoms. The second-order valence-electron chi connectivity index (χ2n) is 6.69. The van der Waals surface area contributed by atoms with Crippen molar-refractivity contribution in [1.82, 2.24) is 15.0 Å². The van der Waals surface area contributed by atoms with Gasteiger partial charge in [0, 0.05) is 17.1 Å². The molecule has 0 atom stereocenters. The average molecular weight is 412 g/mol. The van der Waals surface area contributed by atoms with Crippen LogP contribution in [0.1, 0.15) is 13.8 Å². The van der Waals surface area contributed by atoms with Crippen LogP contribution in [0.2, 0.25) is 0 Å². The van der Waals surface area contributed by atoms with E-state index >= 15 is 0 Å². The highest BCUT2D eigenvalue weighted by molar-refractivity contribution is 5.72. The molecule has 0 radical (unpaired) electrons. The Balaban J connectivity index is 0.000000628. The van der Waals surface area contributed by atoms with Crippen LogP contribution < -0.4 is 16.0 Å². The predicted molar refractivity (Wildman–Crippen MR) is 125 cm³/mol. The lowest BCUT2D eigenvalue weighted by atomic mass is 10.3. The van der Waals surface area contributed by atoms with E-state index in [4.69, 9.17) is 0 Å². The van der Waals surface area contributed by atoms with Crippen molar-refractivity contribution in [2.45, 2.75) is 13.8 Å². The minimum Gasteiger partial charge on any atom is -0.324 e. The Kier molecular flexibility index (Phi) is 7.65. The molecule has 156 valence electrons. The molecule has 0 saturated carbocycles. The minimum absolute atomic E-state index is 0.167. The Morgan fingerprint density at radius 3 is 0.968 bits per heavy atom. The number of para-hydroxylation sites is 3. The summed E-state index contributed by atoms with van der Waals surface area (Å²) in [4.78, 5) is 22.9. The highest BCUT2D eigenvalue weighted by Gasteiger charge is 2.08. The number of aromatic nitrogens is 3. The normalized spacial score (nSPS) is 9.74. The number of Topliss-reactive ketones (excluding diaryl/α,β-unsaturated/α-hetero) is 1. The van der Waals surface area contributed by atoms with Gasteiger partial charge in [-0.05, 0) is 50.2 Å². The third-order valence-electron chi connectivity index (χ3n) is 3.73. The molecule has 1 aromatic heterocycles. The number of hydrogen-bond acceptors (Lipinski definition) is 7. The minimum atomic E-state index is 0.167. The van der Waals surface area contributed by atoms with Gasteiger partial charge in [0.15, 0.2) is 0 Å². The van der Waals surface area contributed by atoms with Crippen molar-refractivity contribution in [3.63, 3.8) is 0 Å². The number of anilines is 6. The largest absolute Gasteiger partial charge is 0.324 e. The molecule has 0 spiro atoms. The Morgan fingerprint density at radius 1 is 0.516 bits per heavy atom. The number of hydrogen-bond donors (Lipinski definition) is 3. The number of benzene rings is 3. The standard InChI is InChI=1S/C21H18N6.C3H6O/c1-4-10-16(11-5-1)22-19-25-20(23-17-12-6-2-7-13-17)27-21(26-19)24-18-14-8-3-9-15-18;1-3(2)4/h1-15H,(H3,22,23,24,25,26,27);1-2H3. The van der Waals surface area contributed by atoms with Gasteiger partial charge in [0.1, 0.15) is 5.78 Å². The molecule has 1 heterocycles. The van der Waals surface area contributed by atoms with Crippen molar-refractivity contribution in [1.29, 1.82) is 0 Å². The Morgan fingerprint density at radius 2 is 0.742 bits per heavy atom. The van der Waals surface area contributed by atoms with Crippen LogP contribution in [-0.2, 0) is 4.79 Å². The molecule has 0 bridgehead atoms. The number of nitrogens with one attached hydrogen (secondary N) is 3. The third-order valence-corrected chi connectivity index (χ3v) is 3.73. The van der Waals surface area contributed by atoms with Crippen molar-refractivity contribution in [2.75, 3.05) is 16.0 Å². The fraction of sp³-hybridized carbons (Fsp3) is 0.0833. The highest BCUT2D eigenvalue weighted by Crippen LogP contribution is 2.20. The van der Waals surface area contributed by atoms with E-state index in [-0.39, 0.29) is 5.78 Å². The van der Waals surface area contributed by atoms with E-state index in [0.29, 0.717) is 17.8 Å². The molecule has 0 aliphatic carbocycles. The van der Waals surface area contributed by atoms with Crippen molar-refractivity contribution >= 4 is 40.7 Å². The molecule has 0 saturated heterocycles. The zero-order valence-corrected chi connectivity index (χ0v) is 17.4. The summed E-state index contributed by atoms with van der Waals surface area (Å²) in [5.74, 6) is 1.52. The molecule has 0 amide bonds. The van der Waals surface area contributed by atoms with Crippen LogP contribution in [0, 0.1) is 0 Å². The van der Waals surface area contributed by atoms with Gasteiger partial charge in [-0.25, -0.2) is 0 Å². The lowest BCUT2D eigenvalue weighted by Gasteiger charge is -2.11. The maximum absolute atomic E-state index is 9.44. The first-order valence-electron chi connectivity index (χ1n) is 9.78. The van der Waals surface area contributed by atoms with Crippen LogP contribution in [0.4, 0.5) is 34.9 Å². The molecular formula is C24H24N6O. The van der Waals surface area contributed by atoms with Gasteiger partial charge in [0.25, 0.3) is 0 Å². The summed E-state index contributed by atoms with van der Waals surface area (Å²) in [6.45, 7) is 3.06. The van der Waals surface area contributed by atoms with Gasteiger partial charge in [-0.2, -0.15) is 15.0 Å². The molecule has 7 nitrogen and oxygen atoms in total. The summed E-state index contributed by atoms with van der Waals surface area (Å²) in [5.41, 5.74) is 2.71. The van der Waals surface area contributed by atoms with Crippen LogP contribution in [-0.4, -0.2) is 20.7 Å². The molecular weight excluding hydrogens is 388 g/mol. The highest BCUT2D eigenvalue weighted by atomic mass is 16.1. The van der Waals surface area contributed by atoms with E-state index in [1.54, 1.807) is 0 Å². The van der Waals surface area contributed by atoms with Gasteiger partial charge in [0.2, 0.25) is 17.8 Å². The summed E-state index contributed by atoms with van der Waals surface area (Å²) >= 11 is 0. The number of ketones is 1. The molecule has 31 heavy (non-hydrogen) atoms. The predicted octanol–water partition coefficient (Wildman–Crippen LogP) is 5.70. The molecule has 0 unspecified atom stereocenters. The van der Waals surface area contributed by atoms with Gasteiger partial charge in [0.05, 0.1) is 0 Å². The first-order valence-corrected chi connectivity index (χ1v) is 9.78. The molecule has 0 aliphatic heterocycles. The first-order chi connectivity index (χ1) is 15.1. The van der Waals surface area contributed by atoms with Gasteiger partial charge in [-0.15, -0.1) is 0 Å². The van der Waals surface area contributed by atoms with E-state index in [9.17, 15) is 4.79 Å². The van der Waals surface area contributed by atoms with E-state index in [1.807, 2.05) is 91.0 Å². The zero-order valence-electron chi connectivity index (χ0n) is 17.4. The van der Waals surface area contributed by atoms with Gasteiger partial charge in [-0.3, -0.25) is 0 Å². The lowest BCUT2D eigenvalue weighted by Crippen LogP contribution is -2.07. The second kappa shape index (κ2) is 11.1. The van der Waals surface area contributed by atoms with Crippen LogP contribution in [0.5, 0.6) is 0 Å². The summed E-state index contributed by atoms with van der Waals surface area (Å²) in [7, 11) is 0. The van der Waals surface area contributed by atoms with Crippen LogP contribution in [0.25, 0.3) is 0 Å². The van der Waals surface area contributed by atoms with E-state index in [0.717, 1.165) is 17.1 Å². The Bertz CT molecular complexity index is 940. The number of carbonyl (C=O) groups is 1. The summed E-state index contributed by atoms with van der Waals surface area (Å²) in [6.07, 6.45) is 0. The fourth-order valence-corrected chi connectivity index (χ4v) is 2.50. The molecule has 3 N–H and O–H groups in total.